The Morgan fingerprint density at radius 2 is 2.27 bits per heavy atom. The first-order chi connectivity index (χ1) is 10.7. The van der Waals surface area contributed by atoms with E-state index in [0.717, 1.165) is 31.5 Å². The number of fused-ring (bicyclic) bond motifs is 3. The maximum atomic E-state index is 13.1. The number of quaternary nitrogens is 1. The van der Waals surface area contributed by atoms with E-state index in [1.54, 1.807) is 12.1 Å². The molecule has 0 bridgehead atoms. The standard InChI is InChI=1S/C17H18N2O3/c1-22-16-7-12-13(8-15(16)20)18-9-11-6-10-4-2-3-5-14(10)19(11)17(12)21/h2,4,7-8,11,18,20H,3,5-6,9H2,1H3/p+1. The molecule has 22 heavy (non-hydrogen) atoms. The molecule has 0 spiro atoms. The summed E-state index contributed by atoms with van der Waals surface area (Å²) in [4.78, 5) is 15.0. The first-order valence-electron chi connectivity index (χ1n) is 7.65. The zero-order valence-electron chi connectivity index (χ0n) is 12.5. The van der Waals surface area contributed by atoms with Crippen molar-refractivity contribution < 1.29 is 20.0 Å². The molecule has 1 atom stereocenters. The molecule has 1 aliphatic carbocycles. The number of hydrogen-bond donors (Lipinski definition) is 2. The van der Waals surface area contributed by atoms with Crippen LogP contribution in [0.15, 0.2) is 35.6 Å². The predicted molar refractivity (Wildman–Crippen MR) is 81.1 cm³/mol. The summed E-state index contributed by atoms with van der Waals surface area (Å²) in [7, 11) is 1.50. The van der Waals surface area contributed by atoms with E-state index in [0.29, 0.717) is 11.3 Å². The molecule has 1 aromatic carbocycles. The number of allylic oxidation sites excluding steroid dienone is 3. The van der Waals surface area contributed by atoms with E-state index in [9.17, 15) is 9.90 Å². The zero-order valence-corrected chi connectivity index (χ0v) is 12.5. The molecule has 5 heteroatoms. The molecule has 1 aromatic rings. The number of nitrogens with two attached hydrogens (primary N) is 1. The Morgan fingerprint density at radius 3 is 3.09 bits per heavy atom. The van der Waals surface area contributed by atoms with Crippen LogP contribution in [-0.4, -0.2) is 35.6 Å². The molecular formula is C17H19N2O3+. The molecule has 5 nitrogen and oxygen atoms in total. The van der Waals surface area contributed by atoms with Crippen LogP contribution in [-0.2, 0) is 0 Å². The molecule has 1 amide bonds. The topological polar surface area (TPSA) is 66.4 Å². The lowest BCUT2D eigenvalue weighted by Gasteiger charge is -2.24. The molecule has 3 N–H and O–H groups in total. The number of hydrogen-bond acceptors (Lipinski definition) is 3. The monoisotopic (exact) mass is 299 g/mol. The van der Waals surface area contributed by atoms with Gasteiger partial charge in [0.15, 0.2) is 11.5 Å². The van der Waals surface area contributed by atoms with Crippen molar-refractivity contribution in [3.63, 3.8) is 0 Å². The Kier molecular flexibility index (Phi) is 2.97. The summed E-state index contributed by atoms with van der Waals surface area (Å²) in [6.45, 7) is 0.811. The second-order valence-corrected chi connectivity index (χ2v) is 6.00. The lowest BCUT2D eigenvalue weighted by atomic mass is 10.0. The molecule has 4 rings (SSSR count). The predicted octanol–water partition coefficient (Wildman–Crippen LogP) is 1.43. The summed E-state index contributed by atoms with van der Waals surface area (Å²) in [5.41, 5.74) is 3.88. The van der Waals surface area contributed by atoms with Gasteiger partial charge in [0.2, 0.25) is 0 Å². The lowest BCUT2D eigenvalue weighted by molar-refractivity contribution is -0.574. The maximum absolute atomic E-state index is 13.1. The van der Waals surface area contributed by atoms with Crippen molar-refractivity contribution in [1.29, 1.82) is 0 Å². The Balaban J connectivity index is 1.81. The van der Waals surface area contributed by atoms with Gasteiger partial charge < -0.3 is 20.1 Å². The van der Waals surface area contributed by atoms with Gasteiger partial charge in [-0.2, -0.15) is 0 Å². The molecule has 114 valence electrons. The van der Waals surface area contributed by atoms with Gasteiger partial charge in [-0.25, -0.2) is 0 Å². The highest BCUT2D eigenvalue weighted by atomic mass is 16.5. The molecule has 2 aliphatic heterocycles. The fourth-order valence-electron chi connectivity index (χ4n) is 3.70. The summed E-state index contributed by atoms with van der Waals surface area (Å²) in [5.74, 6) is 0.441. The number of amides is 1. The maximum Gasteiger partial charge on any atom is 0.264 e. The Labute approximate surface area is 128 Å². The zero-order chi connectivity index (χ0) is 15.3. The SMILES string of the molecule is COc1cc2c(cc1O)[NH2+]CC1CC3=C(CCC=C3)N1C2=O. The van der Waals surface area contributed by atoms with E-state index in [1.165, 1.54) is 18.4 Å². The highest BCUT2D eigenvalue weighted by molar-refractivity contribution is 6.00. The van der Waals surface area contributed by atoms with E-state index in [1.807, 2.05) is 4.90 Å². The number of phenolic OH excluding ortho intramolecular Hbond substituents is 1. The Hall–Kier alpha value is -2.27. The van der Waals surface area contributed by atoms with Gasteiger partial charge in [-0.05, 0) is 18.4 Å². The first-order valence-corrected chi connectivity index (χ1v) is 7.65. The normalized spacial score (nSPS) is 23.0. The number of nitrogens with zero attached hydrogens (tertiary/aromatic N) is 1. The van der Waals surface area contributed by atoms with Crippen molar-refractivity contribution in [3.8, 4) is 11.5 Å². The van der Waals surface area contributed by atoms with Crippen LogP contribution in [0.2, 0.25) is 0 Å². The highest BCUT2D eigenvalue weighted by Gasteiger charge is 2.40. The summed E-state index contributed by atoms with van der Waals surface area (Å²) >= 11 is 0. The number of phenols is 1. The van der Waals surface area contributed by atoms with E-state index in [-0.39, 0.29) is 17.7 Å². The number of carbonyl (C=O) groups is 1. The number of rotatable bonds is 1. The van der Waals surface area contributed by atoms with Gasteiger partial charge in [-0.1, -0.05) is 12.2 Å². The molecule has 2 heterocycles. The van der Waals surface area contributed by atoms with Gasteiger partial charge in [-0.15, -0.1) is 0 Å². The average molecular weight is 299 g/mol. The van der Waals surface area contributed by atoms with Crippen molar-refractivity contribution in [3.05, 3.63) is 41.1 Å². The minimum Gasteiger partial charge on any atom is -0.504 e. The third-order valence-corrected chi connectivity index (χ3v) is 4.76. The highest BCUT2D eigenvalue weighted by Crippen LogP contribution is 2.39. The number of ether oxygens (including phenoxy) is 1. The Bertz CT molecular complexity index is 721. The average Bonchev–Trinajstić information content (AvgIpc) is 2.84. The number of aromatic hydroxyl groups is 1. The molecule has 0 saturated carbocycles. The molecule has 0 aromatic heterocycles. The van der Waals surface area contributed by atoms with E-state index >= 15 is 0 Å². The van der Waals surface area contributed by atoms with Gasteiger partial charge in [0.05, 0.1) is 13.2 Å². The minimum absolute atomic E-state index is 0.0207. The van der Waals surface area contributed by atoms with Crippen molar-refractivity contribution in [2.75, 3.05) is 13.7 Å². The van der Waals surface area contributed by atoms with Gasteiger partial charge in [-0.3, -0.25) is 4.79 Å². The fourth-order valence-corrected chi connectivity index (χ4v) is 3.70. The van der Waals surface area contributed by atoms with Crippen LogP contribution in [0.4, 0.5) is 5.69 Å². The number of benzene rings is 1. The first kappa shape index (κ1) is 13.4. The van der Waals surface area contributed by atoms with Crippen LogP contribution < -0.4 is 10.1 Å². The van der Waals surface area contributed by atoms with Gasteiger partial charge >= 0.3 is 0 Å². The minimum atomic E-state index is 0.0207. The molecule has 0 radical (unpaired) electrons. The lowest BCUT2D eigenvalue weighted by Crippen LogP contribution is -2.80. The van der Waals surface area contributed by atoms with Crippen molar-refractivity contribution >= 4 is 11.6 Å². The summed E-state index contributed by atoms with van der Waals surface area (Å²) in [6, 6.07) is 3.48. The van der Waals surface area contributed by atoms with Gasteiger partial charge in [0.1, 0.15) is 17.8 Å². The summed E-state index contributed by atoms with van der Waals surface area (Å²) in [6.07, 6.45) is 7.20. The largest absolute Gasteiger partial charge is 0.504 e. The second kappa shape index (κ2) is 4.88. The van der Waals surface area contributed by atoms with E-state index in [4.69, 9.17) is 4.74 Å². The Morgan fingerprint density at radius 1 is 1.41 bits per heavy atom. The molecule has 1 unspecified atom stereocenters. The van der Waals surface area contributed by atoms with Crippen molar-refractivity contribution in [2.45, 2.75) is 25.3 Å². The summed E-state index contributed by atoms with van der Waals surface area (Å²) in [5, 5.41) is 12.0. The van der Waals surface area contributed by atoms with Crippen molar-refractivity contribution in [1.82, 2.24) is 4.90 Å². The smallest absolute Gasteiger partial charge is 0.264 e. The third kappa shape index (κ3) is 1.85. The van der Waals surface area contributed by atoms with Crippen LogP contribution >= 0.6 is 0 Å². The molecule has 0 fully saturated rings. The molecule has 3 aliphatic rings. The van der Waals surface area contributed by atoms with Crippen LogP contribution in [0.3, 0.4) is 0 Å². The third-order valence-electron chi connectivity index (χ3n) is 4.76. The van der Waals surface area contributed by atoms with E-state index in [2.05, 4.69) is 17.5 Å². The quantitative estimate of drug-likeness (QED) is 0.771. The number of methoxy groups -OCH3 is 1. The van der Waals surface area contributed by atoms with Gasteiger partial charge in [0, 0.05) is 24.3 Å². The molecule has 0 saturated heterocycles. The molecular weight excluding hydrogens is 280 g/mol. The second-order valence-electron chi connectivity index (χ2n) is 6.00. The summed E-state index contributed by atoms with van der Waals surface area (Å²) < 4.78 is 5.16. The van der Waals surface area contributed by atoms with Crippen LogP contribution in [0, 0.1) is 0 Å². The van der Waals surface area contributed by atoms with Crippen molar-refractivity contribution in [2.24, 2.45) is 0 Å². The fraction of sp³-hybridized carbons (Fsp3) is 0.353. The number of carbonyl (C=O) groups excluding carboxylic acids is 1. The van der Waals surface area contributed by atoms with Gasteiger partial charge in [0.25, 0.3) is 5.91 Å². The van der Waals surface area contributed by atoms with E-state index < -0.39 is 0 Å². The van der Waals surface area contributed by atoms with Crippen LogP contribution in [0.1, 0.15) is 29.6 Å². The van der Waals surface area contributed by atoms with Crippen LogP contribution in [0.5, 0.6) is 11.5 Å². The van der Waals surface area contributed by atoms with Crippen LogP contribution in [0.25, 0.3) is 0 Å².